The first-order valence-electron chi connectivity index (χ1n) is 9.56. The van der Waals surface area contributed by atoms with Gasteiger partial charge in [0.25, 0.3) is 0 Å². The summed E-state index contributed by atoms with van der Waals surface area (Å²) >= 11 is 0. The average molecular weight is 385 g/mol. The van der Waals surface area contributed by atoms with Crippen LogP contribution in [0.15, 0.2) is 12.1 Å². The summed E-state index contributed by atoms with van der Waals surface area (Å²) < 4.78 is 43.9. The Hall–Kier alpha value is -1.83. The van der Waals surface area contributed by atoms with E-state index in [9.17, 15) is 18.0 Å². The number of alkyl halides is 3. The van der Waals surface area contributed by atoms with Crippen LogP contribution in [0.3, 0.4) is 0 Å². The Morgan fingerprint density at radius 2 is 1.74 bits per heavy atom. The number of rotatable bonds is 4. The lowest BCUT2D eigenvalue weighted by molar-refractivity contribution is -0.141. The van der Waals surface area contributed by atoms with Gasteiger partial charge in [-0.1, -0.05) is 19.3 Å². The van der Waals surface area contributed by atoms with Crippen molar-refractivity contribution in [3.8, 4) is 0 Å². The van der Waals surface area contributed by atoms with Gasteiger partial charge in [0.15, 0.2) is 0 Å². The summed E-state index contributed by atoms with van der Waals surface area (Å²) in [7, 11) is 1.21. The van der Waals surface area contributed by atoms with Crippen molar-refractivity contribution < 1.29 is 22.7 Å². The number of ether oxygens (including phenoxy) is 1. The number of hydrogen-bond donors (Lipinski definition) is 1. The Labute approximate surface area is 157 Å². The lowest BCUT2D eigenvalue weighted by Gasteiger charge is -2.36. The Balaban J connectivity index is 1.71. The van der Waals surface area contributed by atoms with E-state index in [1.807, 2.05) is 0 Å². The molecule has 27 heavy (non-hydrogen) atoms. The number of esters is 1. The Morgan fingerprint density at radius 1 is 1.11 bits per heavy atom. The number of halogens is 3. The first-order chi connectivity index (χ1) is 12.9. The van der Waals surface area contributed by atoms with Gasteiger partial charge in [-0.2, -0.15) is 13.2 Å². The van der Waals surface area contributed by atoms with Crippen LogP contribution in [0.1, 0.15) is 61.0 Å². The molecule has 1 aromatic rings. The Morgan fingerprint density at radius 3 is 2.33 bits per heavy atom. The number of carbonyl (C=O) groups is 1. The minimum absolute atomic E-state index is 0.0628. The number of carbonyl (C=O) groups excluding carboxylic acids is 1. The standard InChI is InChI=1S/C19H26F3N3O2/c1-27-18(26)15-7-8-16(19(20,21)22)24-17(15)25-11-9-14(10-12-25)23-13-5-3-2-4-6-13/h7-8,13-14,23H,2-6,9-12H2,1H3. The van der Waals surface area contributed by atoms with Crippen molar-refractivity contribution in [1.29, 1.82) is 0 Å². The minimum Gasteiger partial charge on any atom is -0.465 e. The molecule has 0 amide bonds. The maximum absolute atomic E-state index is 13.1. The molecule has 2 fully saturated rings. The molecule has 8 heteroatoms. The van der Waals surface area contributed by atoms with Crippen LogP contribution in [0.5, 0.6) is 0 Å². The first kappa shape index (κ1) is 19.9. The van der Waals surface area contributed by atoms with E-state index in [1.54, 1.807) is 4.90 Å². The van der Waals surface area contributed by atoms with E-state index in [0.717, 1.165) is 25.0 Å². The van der Waals surface area contributed by atoms with Crippen LogP contribution >= 0.6 is 0 Å². The molecule has 0 unspecified atom stereocenters. The van der Waals surface area contributed by atoms with Crippen molar-refractivity contribution >= 4 is 11.8 Å². The minimum atomic E-state index is -4.55. The highest BCUT2D eigenvalue weighted by Gasteiger charge is 2.35. The van der Waals surface area contributed by atoms with Crippen molar-refractivity contribution in [2.24, 2.45) is 0 Å². The van der Waals surface area contributed by atoms with Gasteiger partial charge < -0.3 is 15.0 Å². The van der Waals surface area contributed by atoms with Gasteiger partial charge in [-0.15, -0.1) is 0 Å². The Bertz CT molecular complexity index is 652. The van der Waals surface area contributed by atoms with Crippen molar-refractivity contribution in [3.63, 3.8) is 0 Å². The SMILES string of the molecule is COC(=O)c1ccc(C(F)(F)F)nc1N1CCC(NC2CCCCC2)CC1. The summed E-state index contributed by atoms with van der Waals surface area (Å²) in [6.07, 6.45) is 3.28. The summed E-state index contributed by atoms with van der Waals surface area (Å²) in [6.45, 7) is 1.12. The topological polar surface area (TPSA) is 54.5 Å². The number of piperidine rings is 1. The number of hydrogen-bond acceptors (Lipinski definition) is 5. The highest BCUT2D eigenvalue weighted by Crippen LogP contribution is 2.32. The fraction of sp³-hybridized carbons (Fsp3) is 0.684. The van der Waals surface area contributed by atoms with E-state index < -0.39 is 17.8 Å². The number of aromatic nitrogens is 1. The fourth-order valence-electron chi connectivity index (χ4n) is 3.98. The van der Waals surface area contributed by atoms with E-state index in [4.69, 9.17) is 4.74 Å². The fourth-order valence-corrected chi connectivity index (χ4v) is 3.98. The molecule has 2 heterocycles. The molecule has 1 N–H and O–H groups in total. The molecular formula is C19H26F3N3O2. The lowest BCUT2D eigenvalue weighted by Crippen LogP contribution is -2.47. The summed E-state index contributed by atoms with van der Waals surface area (Å²) in [5.74, 6) is -0.610. The van der Waals surface area contributed by atoms with Crippen LogP contribution in [0.4, 0.5) is 19.0 Å². The second-order valence-corrected chi connectivity index (χ2v) is 7.32. The first-order valence-corrected chi connectivity index (χ1v) is 9.56. The molecular weight excluding hydrogens is 359 g/mol. The quantitative estimate of drug-likeness (QED) is 0.800. The monoisotopic (exact) mass is 385 g/mol. The molecule has 0 spiro atoms. The van der Waals surface area contributed by atoms with Crippen LogP contribution in [0.2, 0.25) is 0 Å². The van der Waals surface area contributed by atoms with Gasteiger partial charge in [-0.3, -0.25) is 0 Å². The molecule has 0 radical (unpaired) electrons. The van der Waals surface area contributed by atoms with E-state index in [0.29, 0.717) is 25.2 Å². The zero-order valence-electron chi connectivity index (χ0n) is 15.5. The maximum Gasteiger partial charge on any atom is 0.433 e. The predicted molar refractivity (Wildman–Crippen MR) is 95.8 cm³/mol. The van der Waals surface area contributed by atoms with E-state index >= 15 is 0 Å². The summed E-state index contributed by atoms with van der Waals surface area (Å²) in [6, 6.07) is 2.89. The largest absolute Gasteiger partial charge is 0.465 e. The van der Waals surface area contributed by atoms with Crippen LogP contribution in [-0.4, -0.2) is 43.2 Å². The van der Waals surface area contributed by atoms with Crippen LogP contribution in [-0.2, 0) is 10.9 Å². The van der Waals surface area contributed by atoms with Crippen molar-refractivity contribution in [1.82, 2.24) is 10.3 Å². The normalized spacial score (nSPS) is 19.9. The van der Waals surface area contributed by atoms with Gasteiger partial charge >= 0.3 is 12.1 Å². The van der Waals surface area contributed by atoms with Gasteiger partial charge in [-0.25, -0.2) is 9.78 Å². The summed E-state index contributed by atoms with van der Waals surface area (Å²) in [5.41, 5.74) is -0.920. The van der Waals surface area contributed by atoms with Gasteiger partial charge in [0, 0.05) is 25.2 Å². The number of nitrogens with zero attached hydrogens (tertiary/aromatic N) is 2. The molecule has 1 aliphatic carbocycles. The highest BCUT2D eigenvalue weighted by molar-refractivity contribution is 5.94. The molecule has 1 aromatic heterocycles. The van der Waals surface area contributed by atoms with Crippen LogP contribution < -0.4 is 10.2 Å². The van der Waals surface area contributed by atoms with Gasteiger partial charge in [-0.05, 0) is 37.8 Å². The molecule has 1 aliphatic heterocycles. The summed E-state index contributed by atoms with van der Waals surface area (Å²) in [4.78, 5) is 17.5. The average Bonchev–Trinajstić information content (AvgIpc) is 2.67. The van der Waals surface area contributed by atoms with Gasteiger partial charge in [0.1, 0.15) is 17.1 Å². The predicted octanol–water partition coefficient (Wildman–Crippen LogP) is 3.78. The third-order valence-corrected chi connectivity index (χ3v) is 5.44. The number of anilines is 1. The smallest absolute Gasteiger partial charge is 0.433 e. The molecule has 1 saturated carbocycles. The lowest BCUT2D eigenvalue weighted by atomic mass is 9.93. The zero-order valence-corrected chi connectivity index (χ0v) is 15.5. The molecule has 2 aliphatic rings. The third-order valence-electron chi connectivity index (χ3n) is 5.44. The molecule has 5 nitrogen and oxygen atoms in total. The third kappa shape index (κ3) is 4.91. The molecule has 0 bridgehead atoms. The molecule has 3 rings (SSSR count). The van der Waals surface area contributed by atoms with E-state index in [-0.39, 0.29) is 11.4 Å². The van der Waals surface area contributed by atoms with E-state index in [1.165, 1.54) is 39.2 Å². The second-order valence-electron chi connectivity index (χ2n) is 7.32. The Kier molecular flexibility index (Phi) is 6.24. The second kappa shape index (κ2) is 8.46. The molecule has 0 atom stereocenters. The van der Waals surface area contributed by atoms with Crippen molar-refractivity contribution in [2.75, 3.05) is 25.1 Å². The van der Waals surface area contributed by atoms with E-state index in [2.05, 4.69) is 10.3 Å². The van der Waals surface area contributed by atoms with Crippen LogP contribution in [0.25, 0.3) is 0 Å². The number of pyridine rings is 1. The molecule has 0 aromatic carbocycles. The molecule has 150 valence electrons. The van der Waals surface area contributed by atoms with Crippen LogP contribution in [0, 0.1) is 0 Å². The highest BCUT2D eigenvalue weighted by atomic mass is 19.4. The van der Waals surface area contributed by atoms with Gasteiger partial charge in [0.05, 0.1) is 7.11 Å². The maximum atomic E-state index is 13.1. The molecule has 1 saturated heterocycles. The van der Waals surface area contributed by atoms with Crippen molar-refractivity contribution in [2.45, 2.75) is 63.2 Å². The summed E-state index contributed by atoms with van der Waals surface area (Å²) in [5, 5.41) is 3.70. The number of methoxy groups -OCH3 is 1. The van der Waals surface area contributed by atoms with Gasteiger partial charge in [0.2, 0.25) is 0 Å². The van der Waals surface area contributed by atoms with Crippen molar-refractivity contribution in [3.05, 3.63) is 23.4 Å². The zero-order chi connectivity index (χ0) is 19.4. The number of nitrogens with one attached hydrogen (secondary N) is 1.